The highest BCUT2D eigenvalue weighted by Crippen LogP contribution is 2.32. The molecule has 1 aromatic heterocycles. The molecule has 0 radical (unpaired) electrons. The van der Waals surface area contributed by atoms with E-state index in [1.54, 1.807) is 11.3 Å². The first-order valence-electron chi connectivity index (χ1n) is 5.26. The van der Waals surface area contributed by atoms with E-state index in [-0.39, 0.29) is 6.04 Å². The van der Waals surface area contributed by atoms with Crippen LogP contribution in [-0.2, 0) is 0 Å². The molecule has 0 spiro atoms. The lowest BCUT2D eigenvalue weighted by Crippen LogP contribution is -2.11. The van der Waals surface area contributed by atoms with Gasteiger partial charge in [-0.15, -0.1) is 11.3 Å². The molecule has 1 aromatic carbocycles. The van der Waals surface area contributed by atoms with E-state index >= 15 is 0 Å². The molecule has 1 heterocycles. The van der Waals surface area contributed by atoms with Crippen molar-refractivity contribution < 1.29 is 0 Å². The summed E-state index contributed by atoms with van der Waals surface area (Å²) < 4.78 is 1.05. The molecule has 0 fully saturated rings. The number of nitrogens with two attached hydrogens (primary N) is 1. The zero-order chi connectivity index (χ0) is 12.6. The Balaban J connectivity index is 2.40. The van der Waals surface area contributed by atoms with Gasteiger partial charge < -0.3 is 5.73 Å². The molecule has 17 heavy (non-hydrogen) atoms. The minimum absolute atomic E-state index is 0.0804. The van der Waals surface area contributed by atoms with Crippen LogP contribution >= 0.6 is 45.5 Å². The van der Waals surface area contributed by atoms with Gasteiger partial charge in [-0.25, -0.2) is 0 Å². The van der Waals surface area contributed by atoms with Crippen molar-refractivity contribution in [3.05, 3.63) is 53.7 Å². The normalized spacial score (nSPS) is 12.8. The molecule has 0 bridgehead atoms. The summed E-state index contributed by atoms with van der Waals surface area (Å²) in [5.74, 6) is 0. The van der Waals surface area contributed by atoms with Crippen LogP contribution in [0.25, 0.3) is 0 Å². The third-order valence-corrected chi connectivity index (χ3v) is 5.47. The van der Waals surface area contributed by atoms with Gasteiger partial charge in [0.25, 0.3) is 0 Å². The fourth-order valence-electron chi connectivity index (χ4n) is 1.83. The van der Waals surface area contributed by atoms with Gasteiger partial charge in [0.15, 0.2) is 0 Å². The Bertz CT molecular complexity index is 550. The van der Waals surface area contributed by atoms with Gasteiger partial charge in [0.1, 0.15) is 0 Å². The molecule has 0 aliphatic carbocycles. The van der Waals surface area contributed by atoms with Crippen molar-refractivity contribution in [3.8, 4) is 0 Å². The maximum atomic E-state index is 6.30. The number of halogens is 2. The van der Waals surface area contributed by atoms with Crippen LogP contribution in [0.3, 0.4) is 0 Å². The number of hydrogen-bond acceptors (Lipinski definition) is 2. The predicted octanol–water partition coefficient (Wildman–Crippen LogP) is 4.67. The first-order chi connectivity index (χ1) is 7.99. The summed E-state index contributed by atoms with van der Waals surface area (Å²) in [7, 11) is 0. The Kier molecular flexibility index (Phi) is 4.13. The first-order valence-corrected chi connectivity index (χ1v) is 7.54. The second-order valence-corrected chi connectivity index (χ2v) is 6.91. The molecule has 90 valence electrons. The minimum atomic E-state index is -0.0804. The van der Waals surface area contributed by atoms with Crippen molar-refractivity contribution >= 4 is 45.5 Å². The van der Waals surface area contributed by atoms with E-state index in [0.717, 1.165) is 14.2 Å². The van der Waals surface area contributed by atoms with Crippen molar-refractivity contribution in [2.45, 2.75) is 19.9 Å². The summed E-state index contributed by atoms with van der Waals surface area (Å²) in [6, 6.07) is 8.11. The fraction of sp³-hybridized carbons (Fsp3) is 0.231. The Morgan fingerprint density at radius 1 is 1.29 bits per heavy atom. The monoisotopic (exact) mass is 377 g/mol. The standard InChI is InChI=1S/C13H13ClINS/c1-7-5-8(2)17-13(7)12(16)9-3-4-11(15)10(14)6-9/h3-6,12H,16H2,1-2H3. The highest BCUT2D eigenvalue weighted by molar-refractivity contribution is 14.1. The zero-order valence-corrected chi connectivity index (χ0v) is 13.4. The van der Waals surface area contributed by atoms with Gasteiger partial charge in [0.05, 0.1) is 11.1 Å². The second-order valence-electron chi connectivity index (χ2n) is 4.06. The van der Waals surface area contributed by atoms with Gasteiger partial charge in [0.2, 0.25) is 0 Å². The van der Waals surface area contributed by atoms with Crippen molar-refractivity contribution in [1.82, 2.24) is 0 Å². The predicted molar refractivity (Wildman–Crippen MR) is 84.0 cm³/mol. The maximum absolute atomic E-state index is 6.30. The van der Waals surface area contributed by atoms with E-state index in [4.69, 9.17) is 17.3 Å². The Labute approximate surface area is 124 Å². The highest BCUT2D eigenvalue weighted by Gasteiger charge is 2.15. The summed E-state index contributed by atoms with van der Waals surface area (Å²) in [5.41, 5.74) is 8.63. The Hall–Kier alpha value is -0.100. The lowest BCUT2D eigenvalue weighted by Gasteiger charge is -2.12. The van der Waals surface area contributed by atoms with E-state index in [1.807, 2.05) is 18.2 Å². The average Bonchev–Trinajstić information content (AvgIpc) is 2.61. The summed E-state index contributed by atoms with van der Waals surface area (Å²) in [4.78, 5) is 2.52. The molecule has 2 rings (SSSR count). The quantitative estimate of drug-likeness (QED) is 0.756. The van der Waals surface area contributed by atoms with Crippen LogP contribution in [0.15, 0.2) is 24.3 Å². The Morgan fingerprint density at radius 2 is 2.00 bits per heavy atom. The molecule has 0 saturated carbocycles. The molecule has 1 atom stereocenters. The molecule has 4 heteroatoms. The van der Waals surface area contributed by atoms with E-state index in [1.165, 1.54) is 15.3 Å². The highest BCUT2D eigenvalue weighted by atomic mass is 127. The van der Waals surface area contributed by atoms with Gasteiger partial charge >= 0.3 is 0 Å². The van der Waals surface area contributed by atoms with Gasteiger partial charge in [-0.2, -0.15) is 0 Å². The largest absolute Gasteiger partial charge is 0.320 e. The molecule has 0 amide bonds. The maximum Gasteiger partial charge on any atom is 0.0649 e. The van der Waals surface area contributed by atoms with Gasteiger partial charge in [-0.1, -0.05) is 17.7 Å². The molecular formula is C13H13ClINS. The SMILES string of the molecule is Cc1cc(C)c(C(N)c2ccc(I)c(Cl)c2)s1. The van der Waals surface area contributed by atoms with E-state index in [0.29, 0.717) is 0 Å². The van der Waals surface area contributed by atoms with E-state index in [9.17, 15) is 0 Å². The van der Waals surface area contributed by atoms with E-state index < -0.39 is 0 Å². The van der Waals surface area contributed by atoms with Gasteiger partial charge in [-0.3, -0.25) is 0 Å². The lowest BCUT2D eigenvalue weighted by atomic mass is 10.0. The second kappa shape index (κ2) is 5.26. The summed E-state index contributed by atoms with van der Waals surface area (Å²) in [6.07, 6.45) is 0. The van der Waals surface area contributed by atoms with Crippen molar-refractivity contribution in [2.24, 2.45) is 5.73 Å². The molecule has 0 aliphatic heterocycles. The Morgan fingerprint density at radius 3 is 2.53 bits per heavy atom. The lowest BCUT2D eigenvalue weighted by molar-refractivity contribution is 0.885. The van der Waals surface area contributed by atoms with Crippen LogP contribution in [0.1, 0.15) is 26.9 Å². The third-order valence-electron chi connectivity index (χ3n) is 2.66. The molecule has 0 saturated heterocycles. The molecule has 0 aliphatic rings. The fourth-order valence-corrected chi connectivity index (χ4v) is 3.42. The smallest absolute Gasteiger partial charge is 0.0649 e. The van der Waals surface area contributed by atoms with E-state index in [2.05, 4.69) is 42.5 Å². The summed E-state index contributed by atoms with van der Waals surface area (Å²) >= 11 is 10.1. The summed E-state index contributed by atoms with van der Waals surface area (Å²) in [5, 5.41) is 0.768. The molecule has 2 N–H and O–H groups in total. The van der Waals surface area contributed by atoms with Crippen molar-refractivity contribution in [2.75, 3.05) is 0 Å². The van der Waals surface area contributed by atoms with Crippen LogP contribution in [0.5, 0.6) is 0 Å². The van der Waals surface area contributed by atoms with Crippen LogP contribution < -0.4 is 5.73 Å². The van der Waals surface area contributed by atoms with Crippen molar-refractivity contribution in [1.29, 1.82) is 0 Å². The minimum Gasteiger partial charge on any atom is -0.320 e. The number of benzene rings is 1. The molecule has 1 nitrogen and oxygen atoms in total. The number of hydrogen-bond donors (Lipinski definition) is 1. The first kappa shape index (κ1) is 13.3. The topological polar surface area (TPSA) is 26.0 Å². The van der Waals surface area contributed by atoms with Gasteiger partial charge in [-0.05, 0) is 65.8 Å². The van der Waals surface area contributed by atoms with Crippen LogP contribution in [0, 0.1) is 17.4 Å². The van der Waals surface area contributed by atoms with Gasteiger partial charge in [0, 0.05) is 13.3 Å². The van der Waals surface area contributed by atoms with Crippen LogP contribution in [0.4, 0.5) is 0 Å². The van der Waals surface area contributed by atoms with Crippen LogP contribution in [0.2, 0.25) is 5.02 Å². The molecular weight excluding hydrogens is 365 g/mol. The summed E-state index contributed by atoms with van der Waals surface area (Å²) in [6.45, 7) is 4.21. The molecule has 2 aromatic rings. The number of rotatable bonds is 2. The molecule has 1 unspecified atom stereocenters. The van der Waals surface area contributed by atoms with Crippen LogP contribution in [-0.4, -0.2) is 0 Å². The number of aryl methyl sites for hydroxylation is 2. The van der Waals surface area contributed by atoms with Crippen molar-refractivity contribution in [3.63, 3.8) is 0 Å². The number of thiophene rings is 1. The zero-order valence-electron chi connectivity index (χ0n) is 9.63. The average molecular weight is 378 g/mol. The third kappa shape index (κ3) is 2.84.